The van der Waals surface area contributed by atoms with E-state index in [1.165, 1.54) is 6.08 Å². The van der Waals surface area contributed by atoms with Crippen molar-refractivity contribution in [1.29, 1.82) is 0 Å². The molecular formula is C16H20O3. The lowest BCUT2D eigenvalue weighted by molar-refractivity contribution is -0.131. The van der Waals surface area contributed by atoms with Crippen LogP contribution in [0.3, 0.4) is 0 Å². The number of hydrogen-bond donors (Lipinski definition) is 1. The van der Waals surface area contributed by atoms with E-state index >= 15 is 0 Å². The summed E-state index contributed by atoms with van der Waals surface area (Å²) < 4.78 is 5.57. The smallest absolute Gasteiger partial charge is 0.328 e. The predicted octanol–water partition coefficient (Wildman–Crippen LogP) is 3.58. The molecule has 3 nitrogen and oxygen atoms in total. The second kappa shape index (κ2) is 5.47. The first-order valence-corrected chi connectivity index (χ1v) is 6.71. The molecule has 1 saturated carbocycles. The molecule has 1 aromatic rings. The summed E-state index contributed by atoms with van der Waals surface area (Å²) in [4.78, 5) is 11.0. The first-order chi connectivity index (χ1) is 9.02. The molecule has 3 heteroatoms. The van der Waals surface area contributed by atoms with Crippen molar-refractivity contribution in [3.63, 3.8) is 0 Å². The number of carboxylic acid groups (broad SMARTS) is 1. The summed E-state index contributed by atoms with van der Waals surface area (Å²) in [6.45, 7) is 6.61. The molecule has 0 amide bonds. The van der Waals surface area contributed by atoms with Crippen molar-refractivity contribution in [3.8, 4) is 5.75 Å². The van der Waals surface area contributed by atoms with E-state index in [1.807, 2.05) is 32.9 Å². The van der Waals surface area contributed by atoms with Gasteiger partial charge in [0, 0.05) is 6.08 Å². The molecule has 1 aliphatic carbocycles. The Hall–Kier alpha value is -1.77. The molecule has 0 unspecified atom stereocenters. The van der Waals surface area contributed by atoms with Crippen molar-refractivity contribution >= 4 is 11.5 Å². The number of ether oxygens (including phenoxy) is 1. The van der Waals surface area contributed by atoms with Crippen LogP contribution in [0.2, 0.25) is 0 Å². The Kier molecular flexibility index (Phi) is 3.93. The molecule has 0 aromatic heterocycles. The third-order valence-corrected chi connectivity index (χ3v) is 3.43. The van der Waals surface area contributed by atoms with Crippen LogP contribution in [0.25, 0.3) is 5.57 Å². The van der Waals surface area contributed by atoms with E-state index in [0.29, 0.717) is 12.5 Å². The van der Waals surface area contributed by atoms with E-state index in [1.54, 1.807) is 0 Å². The molecule has 0 bridgehead atoms. The molecule has 19 heavy (non-hydrogen) atoms. The summed E-state index contributed by atoms with van der Waals surface area (Å²) in [5, 5.41) is 9.02. The lowest BCUT2D eigenvalue weighted by atomic mass is 9.94. The summed E-state index contributed by atoms with van der Waals surface area (Å²) in [6.07, 6.45) is 3.54. The molecule has 0 saturated heterocycles. The maximum absolute atomic E-state index is 11.0. The minimum absolute atomic E-state index is 0.409. The van der Waals surface area contributed by atoms with Crippen LogP contribution in [-0.4, -0.2) is 17.7 Å². The van der Waals surface area contributed by atoms with Gasteiger partial charge in [-0.2, -0.15) is 0 Å². The monoisotopic (exact) mass is 260 g/mol. The topological polar surface area (TPSA) is 46.5 Å². The minimum Gasteiger partial charge on any atom is -0.494 e. The SMILES string of the molecule is CCOc1cc(C)c(/C(=C/C(=O)O)C2CC2)cc1C. The van der Waals surface area contributed by atoms with Crippen LogP contribution >= 0.6 is 0 Å². The van der Waals surface area contributed by atoms with Crippen molar-refractivity contribution in [1.82, 2.24) is 0 Å². The van der Waals surface area contributed by atoms with Gasteiger partial charge in [0.15, 0.2) is 0 Å². The Morgan fingerprint density at radius 2 is 2.05 bits per heavy atom. The lowest BCUT2D eigenvalue weighted by Crippen LogP contribution is -2.00. The van der Waals surface area contributed by atoms with E-state index in [2.05, 4.69) is 0 Å². The van der Waals surface area contributed by atoms with E-state index in [4.69, 9.17) is 9.84 Å². The van der Waals surface area contributed by atoms with E-state index < -0.39 is 5.97 Å². The maximum atomic E-state index is 11.0. The summed E-state index contributed by atoms with van der Waals surface area (Å²) in [6, 6.07) is 4.06. The van der Waals surface area contributed by atoms with Crippen molar-refractivity contribution in [2.75, 3.05) is 6.61 Å². The molecule has 0 radical (unpaired) electrons. The molecular weight excluding hydrogens is 240 g/mol. The number of allylic oxidation sites excluding steroid dienone is 1. The zero-order chi connectivity index (χ0) is 14.0. The van der Waals surface area contributed by atoms with Crippen LogP contribution in [0.4, 0.5) is 0 Å². The summed E-state index contributed by atoms with van der Waals surface area (Å²) in [7, 11) is 0. The number of aryl methyl sites for hydroxylation is 2. The Labute approximate surface area is 113 Å². The van der Waals surface area contributed by atoms with Gasteiger partial charge < -0.3 is 9.84 Å². The van der Waals surface area contributed by atoms with Gasteiger partial charge in [0.25, 0.3) is 0 Å². The van der Waals surface area contributed by atoms with Crippen LogP contribution in [0.1, 0.15) is 36.5 Å². The van der Waals surface area contributed by atoms with Crippen molar-refractivity contribution in [2.45, 2.75) is 33.6 Å². The standard InChI is InChI=1S/C16H20O3/c1-4-19-15-8-10(2)13(7-11(15)3)14(9-16(17)18)12-5-6-12/h7-9,12H,4-6H2,1-3H3,(H,17,18)/b14-9+. The molecule has 1 aromatic carbocycles. The zero-order valence-corrected chi connectivity index (χ0v) is 11.7. The second-order valence-electron chi connectivity index (χ2n) is 5.08. The molecule has 1 aliphatic rings. The first-order valence-electron chi connectivity index (χ1n) is 6.71. The molecule has 0 heterocycles. The van der Waals surface area contributed by atoms with E-state index in [0.717, 1.165) is 40.9 Å². The highest BCUT2D eigenvalue weighted by atomic mass is 16.5. The zero-order valence-electron chi connectivity index (χ0n) is 11.7. The Morgan fingerprint density at radius 3 is 2.58 bits per heavy atom. The third kappa shape index (κ3) is 3.16. The lowest BCUT2D eigenvalue weighted by Gasteiger charge is -2.14. The second-order valence-corrected chi connectivity index (χ2v) is 5.08. The van der Waals surface area contributed by atoms with E-state index in [9.17, 15) is 4.79 Å². The van der Waals surface area contributed by atoms with Gasteiger partial charge >= 0.3 is 5.97 Å². The molecule has 2 rings (SSSR count). The van der Waals surface area contributed by atoms with Crippen LogP contribution in [-0.2, 0) is 4.79 Å². The fraction of sp³-hybridized carbons (Fsp3) is 0.438. The fourth-order valence-electron chi connectivity index (χ4n) is 2.35. The van der Waals surface area contributed by atoms with Gasteiger partial charge in [-0.05, 0) is 73.9 Å². The largest absolute Gasteiger partial charge is 0.494 e. The molecule has 102 valence electrons. The summed E-state index contributed by atoms with van der Waals surface area (Å²) in [5.41, 5.74) is 4.13. The number of benzene rings is 1. The Balaban J connectivity index is 2.43. The normalized spacial score (nSPS) is 15.4. The predicted molar refractivity (Wildman–Crippen MR) is 75.4 cm³/mol. The number of carbonyl (C=O) groups is 1. The number of carboxylic acids is 1. The van der Waals surface area contributed by atoms with Gasteiger partial charge in [0.05, 0.1) is 6.61 Å². The van der Waals surface area contributed by atoms with Gasteiger partial charge in [-0.3, -0.25) is 0 Å². The summed E-state index contributed by atoms with van der Waals surface area (Å²) >= 11 is 0. The molecule has 0 aliphatic heterocycles. The maximum Gasteiger partial charge on any atom is 0.328 e. The summed E-state index contributed by atoms with van der Waals surface area (Å²) in [5.74, 6) is 0.425. The minimum atomic E-state index is -0.868. The van der Waals surface area contributed by atoms with Gasteiger partial charge in [0.2, 0.25) is 0 Å². The average Bonchev–Trinajstić information content (AvgIpc) is 3.15. The molecule has 0 atom stereocenters. The Morgan fingerprint density at radius 1 is 1.37 bits per heavy atom. The fourth-order valence-corrected chi connectivity index (χ4v) is 2.35. The molecule has 1 fully saturated rings. The molecule has 1 N–H and O–H groups in total. The van der Waals surface area contributed by atoms with Gasteiger partial charge in [-0.1, -0.05) is 0 Å². The highest BCUT2D eigenvalue weighted by Gasteiger charge is 2.28. The van der Waals surface area contributed by atoms with Crippen LogP contribution in [0.5, 0.6) is 5.75 Å². The van der Waals surface area contributed by atoms with Gasteiger partial charge in [-0.25, -0.2) is 4.79 Å². The Bertz CT molecular complexity index is 525. The van der Waals surface area contributed by atoms with Crippen LogP contribution in [0.15, 0.2) is 18.2 Å². The van der Waals surface area contributed by atoms with Crippen molar-refractivity contribution < 1.29 is 14.6 Å². The number of aliphatic carboxylic acids is 1. The van der Waals surface area contributed by atoms with Crippen molar-refractivity contribution in [2.24, 2.45) is 5.92 Å². The molecule has 0 spiro atoms. The highest BCUT2D eigenvalue weighted by molar-refractivity contribution is 5.91. The van der Waals surface area contributed by atoms with Gasteiger partial charge in [0.1, 0.15) is 5.75 Å². The third-order valence-electron chi connectivity index (χ3n) is 3.43. The highest BCUT2D eigenvalue weighted by Crippen LogP contribution is 2.43. The van der Waals surface area contributed by atoms with Crippen LogP contribution < -0.4 is 4.74 Å². The quantitative estimate of drug-likeness (QED) is 0.823. The van der Waals surface area contributed by atoms with Gasteiger partial charge in [-0.15, -0.1) is 0 Å². The van der Waals surface area contributed by atoms with E-state index in [-0.39, 0.29) is 0 Å². The average molecular weight is 260 g/mol. The van der Waals surface area contributed by atoms with Crippen molar-refractivity contribution in [3.05, 3.63) is 34.9 Å². The van der Waals surface area contributed by atoms with Crippen LogP contribution in [0, 0.1) is 19.8 Å². The number of hydrogen-bond acceptors (Lipinski definition) is 2. The number of rotatable bonds is 5. The first kappa shape index (κ1) is 13.7.